The van der Waals surface area contributed by atoms with E-state index in [4.69, 9.17) is 11.5 Å². The van der Waals surface area contributed by atoms with E-state index < -0.39 is 29.0 Å². The van der Waals surface area contributed by atoms with E-state index in [1.807, 2.05) is 0 Å². The van der Waals surface area contributed by atoms with Gasteiger partial charge in [-0.2, -0.15) is 13.2 Å². The van der Waals surface area contributed by atoms with Crippen LogP contribution in [0.1, 0.15) is 16.1 Å². The van der Waals surface area contributed by atoms with Gasteiger partial charge in [-0.15, -0.1) is 0 Å². The van der Waals surface area contributed by atoms with Gasteiger partial charge in [0.05, 0.1) is 11.3 Å². The minimum Gasteiger partial charge on any atom is -0.396 e. The zero-order chi connectivity index (χ0) is 10.9. The molecule has 7 heteroatoms. The summed E-state index contributed by atoms with van der Waals surface area (Å²) in [5, 5.41) is 0. The standard InChI is InChI=1S/C7H6F3N3O/c8-7(9,10)3-1-2-13-5(4(3)11)6(12)14/h1-2H,11H2,(H2,12,14). The van der Waals surface area contributed by atoms with Gasteiger partial charge in [0.2, 0.25) is 0 Å². The summed E-state index contributed by atoms with van der Waals surface area (Å²) < 4.78 is 36.7. The Bertz CT molecular complexity index is 375. The van der Waals surface area contributed by atoms with Gasteiger partial charge in [-0.25, -0.2) is 4.98 Å². The first-order valence-electron chi connectivity index (χ1n) is 3.45. The normalized spacial score (nSPS) is 11.4. The molecule has 0 fully saturated rings. The van der Waals surface area contributed by atoms with Crippen molar-refractivity contribution in [3.63, 3.8) is 0 Å². The summed E-state index contributed by atoms with van der Waals surface area (Å²) in [6.45, 7) is 0. The van der Waals surface area contributed by atoms with Crippen molar-refractivity contribution in [3.8, 4) is 0 Å². The van der Waals surface area contributed by atoms with Crippen LogP contribution >= 0.6 is 0 Å². The number of hydrogen-bond acceptors (Lipinski definition) is 3. The van der Waals surface area contributed by atoms with E-state index >= 15 is 0 Å². The molecular formula is C7H6F3N3O. The van der Waals surface area contributed by atoms with Crippen LogP contribution in [-0.2, 0) is 6.18 Å². The number of aromatic nitrogens is 1. The average molecular weight is 205 g/mol. The lowest BCUT2D eigenvalue weighted by molar-refractivity contribution is -0.137. The zero-order valence-corrected chi connectivity index (χ0v) is 6.80. The number of halogens is 3. The van der Waals surface area contributed by atoms with Crippen LogP contribution < -0.4 is 11.5 Å². The second-order valence-corrected chi connectivity index (χ2v) is 2.48. The van der Waals surface area contributed by atoms with E-state index in [1.165, 1.54) is 0 Å². The van der Waals surface area contributed by atoms with Gasteiger partial charge in [0, 0.05) is 6.20 Å². The summed E-state index contributed by atoms with van der Waals surface area (Å²) in [4.78, 5) is 14.0. The third-order valence-electron chi connectivity index (χ3n) is 1.53. The summed E-state index contributed by atoms with van der Waals surface area (Å²) in [6.07, 6.45) is -3.78. The van der Waals surface area contributed by atoms with Crippen molar-refractivity contribution in [2.45, 2.75) is 6.18 Å². The van der Waals surface area contributed by atoms with Gasteiger partial charge in [0.1, 0.15) is 0 Å². The zero-order valence-electron chi connectivity index (χ0n) is 6.80. The molecular weight excluding hydrogens is 199 g/mol. The molecule has 1 heterocycles. The molecule has 1 amide bonds. The predicted molar refractivity (Wildman–Crippen MR) is 42.2 cm³/mol. The van der Waals surface area contributed by atoms with Gasteiger partial charge in [0.15, 0.2) is 5.69 Å². The molecule has 1 aromatic rings. The lowest BCUT2D eigenvalue weighted by Gasteiger charge is -2.10. The second-order valence-electron chi connectivity index (χ2n) is 2.48. The Kier molecular flexibility index (Phi) is 2.33. The maximum Gasteiger partial charge on any atom is 0.418 e. The van der Waals surface area contributed by atoms with Gasteiger partial charge in [0.25, 0.3) is 5.91 Å². The van der Waals surface area contributed by atoms with E-state index in [0.29, 0.717) is 6.07 Å². The molecule has 0 aliphatic rings. The number of nitrogens with zero attached hydrogens (tertiary/aromatic N) is 1. The Morgan fingerprint density at radius 1 is 1.43 bits per heavy atom. The monoisotopic (exact) mass is 205 g/mol. The number of alkyl halides is 3. The fourth-order valence-corrected chi connectivity index (χ4v) is 0.917. The Labute approximate surface area is 76.7 Å². The molecule has 0 radical (unpaired) electrons. The topological polar surface area (TPSA) is 82.0 Å². The summed E-state index contributed by atoms with van der Waals surface area (Å²) in [5.74, 6) is -1.09. The van der Waals surface area contributed by atoms with E-state index in [0.717, 1.165) is 6.20 Å². The van der Waals surface area contributed by atoms with Crippen LogP contribution in [0, 0.1) is 0 Å². The number of nitrogens with two attached hydrogens (primary N) is 2. The van der Waals surface area contributed by atoms with Crippen LogP contribution in [0.15, 0.2) is 12.3 Å². The largest absolute Gasteiger partial charge is 0.418 e. The fourth-order valence-electron chi connectivity index (χ4n) is 0.917. The molecule has 4 nitrogen and oxygen atoms in total. The lowest BCUT2D eigenvalue weighted by atomic mass is 10.1. The summed E-state index contributed by atoms with van der Waals surface area (Å²) in [7, 11) is 0. The SMILES string of the molecule is NC(=O)c1nccc(C(F)(F)F)c1N. The van der Waals surface area contributed by atoms with Crippen molar-refractivity contribution in [1.82, 2.24) is 4.98 Å². The third kappa shape index (κ3) is 1.76. The fraction of sp³-hybridized carbons (Fsp3) is 0.143. The van der Waals surface area contributed by atoms with Crippen molar-refractivity contribution in [3.05, 3.63) is 23.5 Å². The van der Waals surface area contributed by atoms with Gasteiger partial charge in [-0.1, -0.05) is 0 Å². The van der Waals surface area contributed by atoms with Gasteiger partial charge in [-0.3, -0.25) is 4.79 Å². The van der Waals surface area contributed by atoms with Crippen LogP contribution in [0.25, 0.3) is 0 Å². The number of primary amides is 1. The minimum absolute atomic E-state index is 0.570. The van der Waals surface area contributed by atoms with Crippen LogP contribution in [-0.4, -0.2) is 10.9 Å². The summed E-state index contributed by atoms with van der Waals surface area (Å²) in [6, 6.07) is 0.682. The molecule has 0 unspecified atom stereocenters. The summed E-state index contributed by atoms with van der Waals surface area (Å²) in [5.41, 5.74) is 7.44. The van der Waals surface area contributed by atoms with Crippen molar-refractivity contribution >= 4 is 11.6 Å². The Morgan fingerprint density at radius 3 is 2.43 bits per heavy atom. The predicted octanol–water partition coefficient (Wildman–Crippen LogP) is 0.781. The molecule has 4 N–H and O–H groups in total. The number of amides is 1. The molecule has 0 aromatic carbocycles. The van der Waals surface area contributed by atoms with E-state index in [9.17, 15) is 18.0 Å². The molecule has 0 aliphatic heterocycles. The molecule has 0 bridgehead atoms. The number of hydrogen-bond donors (Lipinski definition) is 2. The molecule has 14 heavy (non-hydrogen) atoms. The van der Waals surface area contributed by atoms with Crippen LogP contribution in [0.4, 0.5) is 18.9 Å². The van der Waals surface area contributed by atoms with Gasteiger partial charge < -0.3 is 11.5 Å². The van der Waals surface area contributed by atoms with Crippen molar-refractivity contribution in [1.29, 1.82) is 0 Å². The van der Waals surface area contributed by atoms with Gasteiger partial charge in [-0.05, 0) is 6.07 Å². The number of carbonyl (C=O) groups excluding carboxylic acids is 1. The molecule has 0 saturated carbocycles. The highest BCUT2D eigenvalue weighted by Crippen LogP contribution is 2.33. The molecule has 0 saturated heterocycles. The van der Waals surface area contributed by atoms with Crippen molar-refractivity contribution < 1.29 is 18.0 Å². The first-order chi connectivity index (χ1) is 6.34. The van der Waals surface area contributed by atoms with E-state index in [1.54, 1.807) is 0 Å². The highest BCUT2D eigenvalue weighted by Gasteiger charge is 2.34. The number of rotatable bonds is 1. The first kappa shape index (κ1) is 10.3. The van der Waals surface area contributed by atoms with Crippen molar-refractivity contribution in [2.75, 3.05) is 5.73 Å². The third-order valence-corrected chi connectivity index (χ3v) is 1.53. The second kappa shape index (κ2) is 3.17. The summed E-state index contributed by atoms with van der Waals surface area (Å²) >= 11 is 0. The van der Waals surface area contributed by atoms with E-state index in [-0.39, 0.29) is 0 Å². The molecule has 0 spiro atoms. The minimum atomic E-state index is -4.61. The maximum atomic E-state index is 12.2. The quantitative estimate of drug-likeness (QED) is 0.710. The smallest absolute Gasteiger partial charge is 0.396 e. The Morgan fingerprint density at radius 2 is 2.00 bits per heavy atom. The van der Waals surface area contributed by atoms with Crippen molar-refractivity contribution in [2.24, 2.45) is 5.73 Å². The highest BCUT2D eigenvalue weighted by molar-refractivity contribution is 5.96. The lowest BCUT2D eigenvalue weighted by Crippen LogP contribution is -2.19. The average Bonchev–Trinajstić information content (AvgIpc) is 2.01. The van der Waals surface area contributed by atoms with E-state index in [2.05, 4.69) is 4.98 Å². The maximum absolute atomic E-state index is 12.2. The molecule has 0 aliphatic carbocycles. The van der Waals surface area contributed by atoms with Gasteiger partial charge >= 0.3 is 6.18 Å². The number of nitrogen functional groups attached to an aromatic ring is 1. The first-order valence-corrected chi connectivity index (χ1v) is 3.45. The number of carbonyl (C=O) groups is 1. The Hall–Kier alpha value is -1.79. The molecule has 1 rings (SSSR count). The number of pyridine rings is 1. The Balaban J connectivity index is 3.35. The highest BCUT2D eigenvalue weighted by atomic mass is 19.4. The number of anilines is 1. The van der Waals surface area contributed by atoms with Crippen LogP contribution in [0.3, 0.4) is 0 Å². The molecule has 0 atom stereocenters. The van der Waals surface area contributed by atoms with Crippen LogP contribution in [0.2, 0.25) is 0 Å². The molecule has 1 aromatic heterocycles. The van der Waals surface area contributed by atoms with Crippen LogP contribution in [0.5, 0.6) is 0 Å². The molecule has 76 valence electrons.